The molecule has 6 aromatic rings. The van der Waals surface area contributed by atoms with Crippen molar-refractivity contribution in [1.82, 2.24) is 4.57 Å². The highest BCUT2D eigenvalue weighted by Crippen LogP contribution is 2.50. The van der Waals surface area contributed by atoms with Gasteiger partial charge in [0, 0.05) is 21.9 Å². The molecule has 5 aromatic carbocycles. The number of aromatic nitrogens is 1. The lowest BCUT2D eigenvalue weighted by Crippen LogP contribution is -2.14. The van der Waals surface area contributed by atoms with Gasteiger partial charge >= 0.3 is 0 Å². The highest BCUT2D eigenvalue weighted by atomic mass is 15.0. The van der Waals surface area contributed by atoms with E-state index in [2.05, 4.69) is 122 Å². The van der Waals surface area contributed by atoms with Crippen LogP contribution in [0.15, 0.2) is 103 Å². The first-order valence-corrected chi connectivity index (χ1v) is 11.3. The second-order valence-corrected chi connectivity index (χ2v) is 9.47. The molecule has 0 saturated carbocycles. The Morgan fingerprint density at radius 1 is 0.531 bits per heavy atom. The summed E-state index contributed by atoms with van der Waals surface area (Å²) in [5.41, 5.74) is 9.33. The van der Waals surface area contributed by atoms with Crippen molar-refractivity contribution in [1.29, 1.82) is 0 Å². The lowest BCUT2D eigenvalue weighted by atomic mass is 9.82. The minimum atomic E-state index is 0.0209. The van der Waals surface area contributed by atoms with Gasteiger partial charge in [0.05, 0.1) is 11.0 Å². The van der Waals surface area contributed by atoms with Gasteiger partial charge in [-0.25, -0.2) is 0 Å². The molecule has 152 valence electrons. The van der Waals surface area contributed by atoms with Crippen LogP contribution in [0.2, 0.25) is 0 Å². The van der Waals surface area contributed by atoms with Gasteiger partial charge in [-0.3, -0.25) is 0 Å². The molecule has 1 nitrogen and oxygen atoms in total. The molecule has 1 aliphatic rings. The van der Waals surface area contributed by atoms with Crippen molar-refractivity contribution in [3.8, 4) is 16.8 Å². The quantitative estimate of drug-likeness (QED) is 0.258. The summed E-state index contributed by atoms with van der Waals surface area (Å²) in [4.78, 5) is 0. The Hall–Kier alpha value is -3.84. The fourth-order valence-corrected chi connectivity index (χ4v) is 5.77. The Morgan fingerprint density at radius 2 is 1.25 bits per heavy atom. The van der Waals surface area contributed by atoms with Gasteiger partial charge in [0.2, 0.25) is 0 Å². The summed E-state index contributed by atoms with van der Waals surface area (Å²) in [5, 5.41) is 5.22. The first-order valence-electron chi connectivity index (χ1n) is 11.3. The molecule has 0 bridgehead atoms. The van der Waals surface area contributed by atoms with Crippen LogP contribution in [0.3, 0.4) is 0 Å². The van der Waals surface area contributed by atoms with Crippen LogP contribution in [-0.2, 0) is 5.41 Å². The molecule has 0 fully saturated rings. The first-order chi connectivity index (χ1) is 15.6. The average Bonchev–Trinajstić information content (AvgIpc) is 3.26. The maximum Gasteiger partial charge on any atom is 0.0547 e. The van der Waals surface area contributed by atoms with Crippen LogP contribution in [0.4, 0.5) is 0 Å². The van der Waals surface area contributed by atoms with Gasteiger partial charge < -0.3 is 4.57 Å². The van der Waals surface area contributed by atoms with Gasteiger partial charge in [0.1, 0.15) is 0 Å². The van der Waals surface area contributed by atoms with Gasteiger partial charge in [-0.2, -0.15) is 0 Å². The maximum absolute atomic E-state index is 2.43. The van der Waals surface area contributed by atoms with Crippen LogP contribution >= 0.6 is 0 Å². The van der Waals surface area contributed by atoms with E-state index in [4.69, 9.17) is 0 Å². The topological polar surface area (TPSA) is 4.93 Å². The second-order valence-electron chi connectivity index (χ2n) is 9.47. The Morgan fingerprint density at radius 3 is 2.12 bits per heavy atom. The van der Waals surface area contributed by atoms with Crippen molar-refractivity contribution >= 4 is 32.6 Å². The van der Waals surface area contributed by atoms with Crippen LogP contribution in [-0.4, -0.2) is 4.57 Å². The Balaban J connectivity index is 1.61. The van der Waals surface area contributed by atoms with Crippen LogP contribution in [0.1, 0.15) is 25.0 Å². The molecule has 0 amide bonds. The van der Waals surface area contributed by atoms with Crippen molar-refractivity contribution in [2.75, 3.05) is 0 Å². The van der Waals surface area contributed by atoms with Gasteiger partial charge in [0.15, 0.2) is 0 Å². The molecule has 0 radical (unpaired) electrons. The van der Waals surface area contributed by atoms with Gasteiger partial charge in [0.25, 0.3) is 0 Å². The third-order valence-electron chi connectivity index (χ3n) is 7.35. The minimum absolute atomic E-state index is 0.0209. The zero-order chi connectivity index (χ0) is 21.4. The van der Waals surface area contributed by atoms with E-state index in [0.717, 1.165) is 0 Å². The molecule has 1 heterocycles. The van der Waals surface area contributed by atoms with Crippen LogP contribution in [0.25, 0.3) is 49.4 Å². The molecule has 0 saturated heterocycles. The first kappa shape index (κ1) is 17.8. The standard InChI is InChI=1S/C31H23N/c1-31(2)27-14-8-6-12-23(27)25-16-21-19-30-26(17-20(21)18-28(25)31)24-13-7-9-15-29(24)32(30)22-10-4-3-5-11-22/h3-19H,1-2H3. The minimum Gasteiger partial charge on any atom is -0.309 e. The average molecular weight is 410 g/mol. The van der Waals surface area contributed by atoms with E-state index in [9.17, 15) is 0 Å². The molecule has 1 aromatic heterocycles. The third-order valence-corrected chi connectivity index (χ3v) is 7.35. The van der Waals surface area contributed by atoms with Crippen molar-refractivity contribution in [2.45, 2.75) is 19.3 Å². The molecular formula is C31H23N. The number of benzene rings is 5. The van der Waals surface area contributed by atoms with E-state index in [1.807, 2.05) is 0 Å². The lowest BCUT2D eigenvalue weighted by molar-refractivity contribution is 0.661. The van der Waals surface area contributed by atoms with E-state index < -0.39 is 0 Å². The number of hydrogen-bond acceptors (Lipinski definition) is 0. The number of fused-ring (bicyclic) bond motifs is 7. The molecule has 7 rings (SSSR count). The summed E-state index contributed by atoms with van der Waals surface area (Å²) in [5.74, 6) is 0. The molecular weight excluding hydrogens is 386 g/mol. The summed E-state index contributed by atoms with van der Waals surface area (Å²) in [6, 6.07) is 37.9. The molecule has 0 N–H and O–H groups in total. The number of rotatable bonds is 1. The van der Waals surface area contributed by atoms with E-state index in [-0.39, 0.29) is 5.41 Å². The predicted octanol–water partition coefficient (Wildman–Crippen LogP) is 8.24. The monoisotopic (exact) mass is 409 g/mol. The molecule has 1 aliphatic carbocycles. The number of para-hydroxylation sites is 2. The molecule has 1 heteroatoms. The van der Waals surface area contributed by atoms with Crippen LogP contribution in [0, 0.1) is 0 Å². The molecule has 32 heavy (non-hydrogen) atoms. The van der Waals surface area contributed by atoms with Crippen molar-refractivity contribution in [3.63, 3.8) is 0 Å². The van der Waals surface area contributed by atoms with Crippen molar-refractivity contribution in [3.05, 3.63) is 114 Å². The Kier molecular flexibility index (Phi) is 3.40. The summed E-state index contributed by atoms with van der Waals surface area (Å²) >= 11 is 0. The third kappa shape index (κ3) is 2.23. The second kappa shape index (κ2) is 6.11. The zero-order valence-corrected chi connectivity index (χ0v) is 18.3. The van der Waals surface area contributed by atoms with E-state index >= 15 is 0 Å². The van der Waals surface area contributed by atoms with E-state index in [0.29, 0.717) is 0 Å². The summed E-state index contributed by atoms with van der Waals surface area (Å²) < 4.78 is 2.40. The van der Waals surface area contributed by atoms with Crippen molar-refractivity contribution in [2.24, 2.45) is 0 Å². The lowest BCUT2D eigenvalue weighted by Gasteiger charge is -2.21. The predicted molar refractivity (Wildman–Crippen MR) is 136 cm³/mol. The van der Waals surface area contributed by atoms with E-state index in [1.165, 1.54) is 60.5 Å². The fourth-order valence-electron chi connectivity index (χ4n) is 5.77. The molecule has 0 atom stereocenters. The van der Waals surface area contributed by atoms with Gasteiger partial charge in [-0.05, 0) is 75.5 Å². The highest BCUT2D eigenvalue weighted by molar-refractivity contribution is 6.14. The summed E-state index contributed by atoms with van der Waals surface area (Å²) in [7, 11) is 0. The van der Waals surface area contributed by atoms with Crippen LogP contribution < -0.4 is 0 Å². The van der Waals surface area contributed by atoms with Gasteiger partial charge in [-0.1, -0.05) is 74.5 Å². The maximum atomic E-state index is 2.43. The highest BCUT2D eigenvalue weighted by Gasteiger charge is 2.35. The largest absolute Gasteiger partial charge is 0.309 e. The zero-order valence-electron chi connectivity index (χ0n) is 18.3. The summed E-state index contributed by atoms with van der Waals surface area (Å²) in [6.45, 7) is 4.70. The van der Waals surface area contributed by atoms with Crippen molar-refractivity contribution < 1.29 is 0 Å². The molecule has 0 spiro atoms. The number of hydrogen-bond donors (Lipinski definition) is 0. The summed E-state index contributed by atoms with van der Waals surface area (Å²) in [6.07, 6.45) is 0. The van der Waals surface area contributed by atoms with Gasteiger partial charge in [-0.15, -0.1) is 0 Å². The Bertz CT molecular complexity index is 1680. The normalized spacial score (nSPS) is 14.2. The molecule has 0 unspecified atom stereocenters. The SMILES string of the molecule is CC1(C)c2ccccc2-c2cc3cc4c(cc3cc21)c1ccccc1n4-c1ccccc1. The smallest absolute Gasteiger partial charge is 0.0547 e. The number of nitrogens with zero attached hydrogens (tertiary/aromatic N) is 1. The molecule has 0 aliphatic heterocycles. The Labute approximate surface area is 187 Å². The van der Waals surface area contributed by atoms with E-state index in [1.54, 1.807) is 0 Å². The fraction of sp³-hybridized carbons (Fsp3) is 0.0968. The van der Waals surface area contributed by atoms with Crippen LogP contribution in [0.5, 0.6) is 0 Å².